The van der Waals surface area contributed by atoms with Crippen LogP contribution >= 0.6 is 22.6 Å². The fourth-order valence-electron chi connectivity index (χ4n) is 3.63. The molecule has 0 amide bonds. The molecule has 0 fully saturated rings. The van der Waals surface area contributed by atoms with E-state index in [-0.39, 0.29) is 11.5 Å². The standard InChI is InChI=1S/C23H25IO3/c1-6-14-7-8-16(15-9-11-17(24)12-10-15)13-18(14)19-20(25)22(2,3)27-23(4,5)21(19)26/h7-13,25H,6H2,1-5H3. The lowest BCUT2D eigenvalue weighted by molar-refractivity contribution is -0.158. The minimum atomic E-state index is -0.991. The molecule has 27 heavy (non-hydrogen) atoms. The molecule has 1 heterocycles. The Kier molecular flexibility index (Phi) is 5.25. The van der Waals surface area contributed by atoms with Crippen LogP contribution in [0.25, 0.3) is 16.7 Å². The highest BCUT2D eigenvalue weighted by atomic mass is 127. The van der Waals surface area contributed by atoms with Gasteiger partial charge in [0, 0.05) is 3.57 Å². The zero-order chi connectivity index (χ0) is 20.0. The Morgan fingerprint density at radius 2 is 1.56 bits per heavy atom. The van der Waals surface area contributed by atoms with Crippen molar-refractivity contribution in [1.29, 1.82) is 0 Å². The Morgan fingerprint density at radius 3 is 2.15 bits per heavy atom. The number of ketones is 1. The van der Waals surface area contributed by atoms with Crippen molar-refractivity contribution in [2.45, 2.75) is 52.2 Å². The maximum Gasteiger partial charge on any atom is 0.198 e. The maximum atomic E-state index is 13.2. The van der Waals surface area contributed by atoms with E-state index in [2.05, 4.69) is 59.8 Å². The Balaban J connectivity index is 2.24. The zero-order valence-corrected chi connectivity index (χ0v) is 18.5. The zero-order valence-electron chi connectivity index (χ0n) is 16.4. The smallest absolute Gasteiger partial charge is 0.198 e. The molecule has 0 saturated carbocycles. The summed E-state index contributed by atoms with van der Waals surface area (Å²) in [6.45, 7) is 9.17. The number of benzene rings is 2. The van der Waals surface area contributed by atoms with Gasteiger partial charge in [0.1, 0.15) is 17.0 Å². The summed E-state index contributed by atoms with van der Waals surface area (Å²) in [5.74, 6) is -0.185. The molecule has 2 aromatic carbocycles. The highest BCUT2D eigenvalue weighted by Crippen LogP contribution is 2.41. The van der Waals surface area contributed by atoms with Gasteiger partial charge in [0.2, 0.25) is 0 Å². The van der Waals surface area contributed by atoms with Crippen molar-refractivity contribution in [3.05, 3.63) is 62.9 Å². The summed E-state index contributed by atoms with van der Waals surface area (Å²) in [5, 5.41) is 10.9. The molecule has 1 N–H and O–H groups in total. The number of carbonyl (C=O) groups excluding carboxylic acids is 1. The number of aliphatic hydroxyl groups is 1. The molecule has 0 bridgehead atoms. The second-order valence-corrected chi connectivity index (χ2v) is 9.15. The quantitative estimate of drug-likeness (QED) is 0.558. The average Bonchev–Trinajstić information content (AvgIpc) is 2.60. The molecule has 142 valence electrons. The molecule has 0 radical (unpaired) electrons. The van der Waals surface area contributed by atoms with E-state index in [0.717, 1.165) is 28.7 Å². The van der Waals surface area contributed by atoms with Crippen LogP contribution in [0.4, 0.5) is 0 Å². The fourth-order valence-corrected chi connectivity index (χ4v) is 3.99. The first-order valence-corrected chi connectivity index (χ1v) is 10.2. The first-order chi connectivity index (χ1) is 12.6. The van der Waals surface area contributed by atoms with Gasteiger partial charge in [-0.2, -0.15) is 0 Å². The monoisotopic (exact) mass is 476 g/mol. The normalized spacial score (nSPS) is 18.7. The van der Waals surface area contributed by atoms with E-state index in [9.17, 15) is 9.90 Å². The van der Waals surface area contributed by atoms with Crippen molar-refractivity contribution in [3.63, 3.8) is 0 Å². The van der Waals surface area contributed by atoms with Gasteiger partial charge in [0.15, 0.2) is 5.78 Å². The Morgan fingerprint density at radius 1 is 0.963 bits per heavy atom. The number of rotatable bonds is 3. The van der Waals surface area contributed by atoms with E-state index < -0.39 is 11.2 Å². The summed E-state index contributed by atoms with van der Waals surface area (Å²) in [6, 6.07) is 14.4. The van der Waals surface area contributed by atoms with Gasteiger partial charge in [0.05, 0.1) is 5.57 Å². The molecule has 0 aromatic heterocycles. The Bertz CT molecular complexity index is 921. The summed E-state index contributed by atoms with van der Waals surface area (Å²) < 4.78 is 7.05. The van der Waals surface area contributed by atoms with Crippen molar-refractivity contribution in [3.8, 4) is 11.1 Å². The molecule has 1 aliphatic rings. The average molecular weight is 476 g/mol. The van der Waals surface area contributed by atoms with E-state index >= 15 is 0 Å². The lowest BCUT2D eigenvalue weighted by Gasteiger charge is -2.40. The molecule has 0 aliphatic carbocycles. The molecule has 4 heteroatoms. The second kappa shape index (κ2) is 7.06. The van der Waals surface area contributed by atoms with Crippen LogP contribution in [-0.4, -0.2) is 22.1 Å². The van der Waals surface area contributed by atoms with Gasteiger partial charge in [0.25, 0.3) is 0 Å². The minimum Gasteiger partial charge on any atom is -0.508 e. The number of ether oxygens (including phenoxy) is 1. The van der Waals surface area contributed by atoms with Crippen molar-refractivity contribution in [1.82, 2.24) is 0 Å². The number of Topliss-reactive ketones (excluding diaryl/α,β-unsaturated/α-hetero) is 1. The molecular weight excluding hydrogens is 451 g/mol. The van der Waals surface area contributed by atoms with Gasteiger partial charge in [-0.3, -0.25) is 4.79 Å². The molecule has 3 rings (SSSR count). The van der Waals surface area contributed by atoms with Crippen LogP contribution in [0.3, 0.4) is 0 Å². The first-order valence-electron chi connectivity index (χ1n) is 9.15. The van der Waals surface area contributed by atoms with E-state index in [4.69, 9.17) is 4.74 Å². The number of halogens is 1. The maximum absolute atomic E-state index is 13.2. The molecule has 0 unspecified atom stereocenters. The minimum absolute atomic E-state index is 0.00119. The number of hydrogen-bond donors (Lipinski definition) is 1. The van der Waals surface area contributed by atoms with Crippen LogP contribution < -0.4 is 0 Å². The van der Waals surface area contributed by atoms with E-state index in [0.29, 0.717) is 5.57 Å². The van der Waals surface area contributed by atoms with Gasteiger partial charge in [-0.15, -0.1) is 0 Å². The van der Waals surface area contributed by atoms with Gasteiger partial charge in [-0.05, 0) is 97.2 Å². The lowest BCUT2D eigenvalue weighted by atomic mass is 9.80. The van der Waals surface area contributed by atoms with Gasteiger partial charge >= 0.3 is 0 Å². The summed E-state index contributed by atoms with van der Waals surface area (Å²) in [6.07, 6.45) is 0.772. The van der Waals surface area contributed by atoms with Crippen molar-refractivity contribution >= 4 is 33.9 Å². The van der Waals surface area contributed by atoms with Crippen molar-refractivity contribution in [2.75, 3.05) is 0 Å². The van der Waals surface area contributed by atoms with Crippen LogP contribution in [0, 0.1) is 3.57 Å². The van der Waals surface area contributed by atoms with Crippen LogP contribution in [0.5, 0.6) is 0 Å². The Hall–Kier alpha value is -1.66. The molecule has 0 atom stereocenters. The molecule has 0 spiro atoms. The third-order valence-electron chi connectivity index (χ3n) is 5.03. The molecular formula is C23H25IO3. The van der Waals surface area contributed by atoms with Crippen molar-refractivity contribution in [2.24, 2.45) is 0 Å². The highest BCUT2D eigenvalue weighted by molar-refractivity contribution is 14.1. The largest absolute Gasteiger partial charge is 0.508 e. The summed E-state index contributed by atoms with van der Waals surface area (Å²) in [7, 11) is 0. The third kappa shape index (κ3) is 3.69. The van der Waals surface area contributed by atoms with Gasteiger partial charge < -0.3 is 9.84 Å². The molecule has 1 aliphatic heterocycles. The van der Waals surface area contributed by atoms with Gasteiger partial charge in [-0.25, -0.2) is 0 Å². The second-order valence-electron chi connectivity index (χ2n) is 7.91. The molecule has 3 nitrogen and oxygen atoms in total. The van der Waals surface area contributed by atoms with Crippen LogP contribution in [0.15, 0.2) is 48.2 Å². The highest BCUT2D eigenvalue weighted by Gasteiger charge is 2.47. The van der Waals surface area contributed by atoms with Crippen LogP contribution in [0.1, 0.15) is 45.7 Å². The van der Waals surface area contributed by atoms with Crippen LogP contribution in [-0.2, 0) is 16.0 Å². The van der Waals surface area contributed by atoms with Crippen molar-refractivity contribution < 1.29 is 14.6 Å². The Labute approximate surface area is 174 Å². The number of carbonyl (C=O) groups is 1. The third-order valence-corrected chi connectivity index (χ3v) is 5.75. The topological polar surface area (TPSA) is 46.5 Å². The van der Waals surface area contributed by atoms with Gasteiger partial charge in [-0.1, -0.05) is 31.2 Å². The molecule has 2 aromatic rings. The predicted molar refractivity (Wildman–Crippen MR) is 118 cm³/mol. The summed E-state index contributed by atoms with van der Waals surface area (Å²) >= 11 is 2.28. The summed E-state index contributed by atoms with van der Waals surface area (Å²) in [4.78, 5) is 13.2. The number of aliphatic hydroxyl groups excluding tert-OH is 1. The fraction of sp³-hybridized carbons (Fsp3) is 0.348. The SMILES string of the molecule is CCc1ccc(-c2ccc(I)cc2)cc1C1=C(O)C(C)(C)OC(C)(C)C1=O. The molecule has 0 saturated heterocycles. The summed E-state index contributed by atoms with van der Waals surface area (Å²) in [5.41, 5.74) is 2.39. The number of aryl methyl sites for hydroxylation is 1. The predicted octanol–water partition coefficient (Wildman–Crippen LogP) is 5.95. The van der Waals surface area contributed by atoms with E-state index in [1.54, 1.807) is 27.7 Å². The van der Waals surface area contributed by atoms with E-state index in [1.807, 2.05) is 12.1 Å². The van der Waals surface area contributed by atoms with Crippen LogP contribution in [0.2, 0.25) is 0 Å². The number of hydrogen-bond acceptors (Lipinski definition) is 3. The first kappa shape index (κ1) is 20.1. The lowest BCUT2D eigenvalue weighted by Crippen LogP contribution is -2.49. The van der Waals surface area contributed by atoms with E-state index in [1.165, 1.54) is 3.57 Å².